The maximum atomic E-state index is 12.2. The number of ketones is 2. The van der Waals surface area contributed by atoms with Crippen molar-refractivity contribution >= 4 is 29.7 Å². The van der Waals surface area contributed by atoms with E-state index >= 15 is 0 Å². The molecule has 1 aliphatic carbocycles. The molecule has 0 amide bonds. The number of hydrogen-bond donors (Lipinski definition) is 7. The highest BCUT2D eigenvalue weighted by Crippen LogP contribution is 2.34. The van der Waals surface area contributed by atoms with Crippen molar-refractivity contribution in [2.45, 2.75) is 36.8 Å². The van der Waals surface area contributed by atoms with Gasteiger partial charge in [0.25, 0.3) is 0 Å². The number of hydrogen-bond acceptors (Lipinski definition) is 11. The minimum absolute atomic E-state index is 0.320. The highest BCUT2D eigenvalue weighted by molar-refractivity contribution is 5.95. The Balaban J connectivity index is 1.56. The van der Waals surface area contributed by atoms with Crippen LogP contribution in [0.3, 0.4) is 0 Å². The molecule has 7 N–H and O–H groups in total. The summed E-state index contributed by atoms with van der Waals surface area (Å²) in [6.45, 7) is -1.23. The number of carboxylic acid groups (broad SMARTS) is 1. The van der Waals surface area contributed by atoms with Crippen LogP contribution in [0.2, 0.25) is 0 Å². The lowest BCUT2D eigenvalue weighted by Crippen LogP contribution is -2.58. The van der Waals surface area contributed by atoms with Crippen LogP contribution in [0.1, 0.15) is 24.0 Å². The molecule has 0 unspecified atom stereocenters. The molecule has 0 bridgehead atoms. The number of aliphatic hydroxyl groups excluding tert-OH is 2. The standard InChI is InChI=1S/C27H28O12/c28-17(5-1-15-3-7-19(30)21(32)9-15)13-38-25-23(34)11-27(26(36)37,12-24(25)35)39-14-18(29)6-2-16-4-8-20(31)22(33)10-16/h1-10,23-25,30-35H,11-14H2,(H,36,37)/b5-1+,6-2+/t23-,24-,25?,27?/m1/s1. The van der Waals surface area contributed by atoms with E-state index in [2.05, 4.69) is 0 Å². The molecule has 1 saturated carbocycles. The molecular formula is C27H28O12. The van der Waals surface area contributed by atoms with E-state index in [1.165, 1.54) is 48.6 Å². The molecule has 0 radical (unpaired) electrons. The van der Waals surface area contributed by atoms with E-state index in [0.717, 1.165) is 12.2 Å². The highest BCUT2D eigenvalue weighted by Gasteiger charge is 2.52. The molecule has 2 atom stereocenters. The van der Waals surface area contributed by atoms with E-state index in [4.69, 9.17) is 9.47 Å². The van der Waals surface area contributed by atoms with Crippen molar-refractivity contribution < 1.29 is 59.6 Å². The number of carbonyl (C=O) groups is 3. The smallest absolute Gasteiger partial charge is 0.336 e. The zero-order valence-electron chi connectivity index (χ0n) is 20.5. The quantitative estimate of drug-likeness (QED) is 0.157. The predicted molar refractivity (Wildman–Crippen MR) is 135 cm³/mol. The van der Waals surface area contributed by atoms with Crippen LogP contribution in [0.5, 0.6) is 23.0 Å². The summed E-state index contributed by atoms with van der Waals surface area (Å²) in [6.07, 6.45) is -0.525. The van der Waals surface area contributed by atoms with Gasteiger partial charge in [-0.05, 0) is 47.5 Å². The van der Waals surface area contributed by atoms with Gasteiger partial charge in [-0.25, -0.2) is 4.79 Å². The number of phenolic OH excluding ortho intramolecular Hbond substituents is 4. The molecule has 0 aliphatic heterocycles. The Kier molecular flexibility index (Phi) is 9.43. The van der Waals surface area contributed by atoms with E-state index in [1.807, 2.05) is 0 Å². The topological polar surface area (TPSA) is 211 Å². The van der Waals surface area contributed by atoms with Crippen LogP contribution >= 0.6 is 0 Å². The van der Waals surface area contributed by atoms with Crippen molar-refractivity contribution in [1.29, 1.82) is 0 Å². The van der Waals surface area contributed by atoms with Gasteiger partial charge >= 0.3 is 5.97 Å². The molecule has 12 heteroatoms. The normalized spacial score (nSPS) is 23.3. The second-order valence-electron chi connectivity index (χ2n) is 9.00. The Morgan fingerprint density at radius 3 is 1.67 bits per heavy atom. The molecule has 0 aromatic heterocycles. The number of aliphatic carboxylic acids is 1. The molecule has 0 saturated heterocycles. The zero-order valence-corrected chi connectivity index (χ0v) is 20.5. The Hall–Kier alpha value is -4.23. The first-order chi connectivity index (χ1) is 18.4. The van der Waals surface area contributed by atoms with Crippen LogP contribution in [-0.4, -0.2) is 90.4 Å². The van der Waals surface area contributed by atoms with Crippen molar-refractivity contribution in [2.75, 3.05) is 13.2 Å². The first-order valence-electron chi connectivity index (χ1n) is 11.7. The number of aromatic hydroxyl groups is 4. The minimum Gasteiger partial charge on any atom is -0.504 e. The van der Waals surface area contributed by atoms with Crippen LogP contribution in [0.25, 0.3) is 12.2 Å². The summed E-state index contributed by atoms with van der Waals surface area (Å²) in [6, 6.07) is 7.81. The van der Waals surface area contributed by atoms with Crippen LogP contribution in [0, 0.1) is 0 Å². The van der Waals surface area contributed by atoms with E-state index in [9.17, 15) is 50.1 Å². The summed E-state index contributed by atoms with van der Waals surface area (Å²) >= 11 is 0. The number of aliphatic hydroxyl groups is 2. The average Bonchev–Trinajstić information content (AvgIpc) is 2.88. The summed E-state index contributed by atoms with van der Waals surface area (Å²) in [7, 11) is 0. The highest BCUT2D eigenvalue weighted by atomic mass is 16.5. The summed E-state index contributed by atoms with van der Waals surface area (Å²) < 4.78 is 10.7. The van der Waals surface area contributed by atoms with Crippen LogP contribution in [0.15, 0.2) is 48.6 Å². The number of ether oxygens (including phenoxy) is 2. The minimum atomic E-state index is -2.09. The summed E-state index contributed by atoms with van der Waals surface area (Å²) in [4.78, 5) is 36.4. The monoisotopic (exact) mass is 544 g/mol. The van der Waals surface area contributed by atoms with Crippen LogP contribution in [0.4, 0.5) is 0 Å². The Bertz CT molecular complexity index is 1270. The maximum absolute atomic E-state index is 12.2. The number of carboxylic acids is 1. The molecule has 1 aliphatic rings. The molecule has 3 rings (SSSR count). The second-order valence-corrected chi connectivity index (χ2v) is 9.00. The zero-order chi connectivity index (χ0) is 28.7. The Labute approximate surface area is 222 Å². The first kappa shape index (κ1) is 29.3. The fourth-order valence-electron chi connectivity index (χ4n) is 3.97. The maximum Gasteiger partial charge on any atom is 0.336 e. The summed E-state index contributed by atoms with van der Waals surface area (Å²) in [5.74, 6) is -4.10. The lowest BCUT2D eigenvalue weighted by molar-refractivity contribution is -0.206. The van der Waals surface area contributed by atoms with Gasteiger partial charge in [0.1, 0.15) is 19.3 Å². The molecule has 1 fully saturated rings. The molecule has 2 aromatic carbocycles. The number of rotatable bonds is 11. The summed E-state index contributed by atoms with van der Waals surface area (Å²) in [5.41, 5.74) is -1.28. The molecule has 12 nitrogen and oxygen atoms in total. The lowest BCUT2D eigenvalue weighted by atomic mass is 9.79. The number of benzene rings is 2. The van der Waals surface area contributed by atoms with Gasteiger partial charge in [0, 0.05) is 12.8 Å². The largest absolute Gasteiger partial charge is 0.504 e. The number of carbonyl (C=O) groups excluding carboxylic acids is 2. The van der Waals surface area contributed by atoms with E-state index in [-0.39, 0.29) is 23.0 Å². The third-order valence-electron chi connectivity index (χ3n) is 6.06. The van der Waals surface area contributed by atoms with E-state index in [0.29, 0.717) is 11.1 Å². The van der Waals surface area contributed by atoms with Gasteiger partial charge in [-0.3, -0.25) is 9.59 Å². The van der Waals surface area contributed by atoms with Crippen LogP contribution in [-0.2, 0) is 23.9 Å². The van der Waals surface area contributed by atoms with Gasteiger partial charge in [0.15, 0.2) is 40.2 Å². The van der Waals surface area contributed by atoms with Gasteiger partial charge in [0.2, 0.25) is 0 Å². The first-order valence-corrected chi connectivity index (χ1v) is 11.7. The molecule has 2 aromatic rings. The van der Waals surface area contributed by atoms with Crippen molar-refractivity contribution in [1.82, 2.24) is 0 Å². The average molecular weight is 545 g/mol. The SMILES string of the molecule is O=C(/C=C/c1ccc(O)c(O)c1)COC1[C@H](O)CC(OCC(=O)/C=C/c2ccc(O)c(O)c2)(C(=O)O)C[C@H]1O. The molecule has 208 valence electrons. The van der Waals surface area contributed by atoms with Crippen molar-refractivity contribution in [3.05, 3.63) is 59.7 Å². The molecular weight excluding hydrogens is 516 g/mol. The van der Waals surface area contributed by atoms with Gasteiger partial charge in [-0.15, -0.1) is 0 Å². The Morgan fingerprint density at radius 1 is 0.769 bits per heavy atom. The Morgan fingerprint density at radius 2 is 1.23 bits per heavy atom. The van der Waals surface area contributed by atoms with Crippen molar-refractivity contribution in [3.8, 4) is 23.0 Å². The third-order valence-corrected chi connectivity index (χ3v) is 6.06. The van der Waals surface area contributed by atoms with Gasteiger partial charge < -0.3 is 45.2 Å². The van der Waals surface area contributed by atoms with Gasteiger partial charge in [-0.1, -0.05) is 24.3 Å². The number of phenols is 4. The lowest BCUT2D eigenvalue weighted by Gasteiger charge is -2.42. The fourth-order valence-corrected chi connectivity index (χ4v) is 3.97. The predicted octanol–water partition coefficient (Wildman–Crippen LogP) is 1.11. The van der Waals surface area contributed by atoms with Crippen molar-refractivity contribution in [2.24, 2.45) is 0 Å². The van der Waals surface area contributed by atoms with E-state index < -0.39 is 67.5 Å². The van der Waals surface area contributed by atoms with Gasteiger partial charge in [0.05, 0.1) is 12.2 Å². The van der Waals surface area contributed by atoms with Gasteiger partial charge in [-0.2, -0.15) is 0 Å². The third kappa shape index (κ3) is 7.65. The fraction of sp³-hybridized carbons (Fsp3) is 0.296. The van der Waals surface area contributed by atoms with Crippen LogP contribution < -0.4 is 0 Å². The van der Waals surface area contributed by atoms with E-state index in [1.54, 1.807) is 0 Å². The summed E-state index contributed by atoms with van der Waals surface area (Å²) in [5, 5.41) is 68.5. The molecule has 0 heterocycles. The molecule has 0 spiro atoms. The van der Waals surface area contributed by atoms with Crippen molar-refractivity contribution in [3.63, 3.8) is 0 Å². The molecule has 39 heavy (non-hydrogen) atoms. The second kappa shape index (κ2) is 12.5.